The number of benzene rings is 1. The lowest BCUT2D eigenvalue weighted by molar-refractivity contribution is 0.0338. The highest BCUT2D eigenvalue weighted by molar-refractivity contribution is 6.31. The normalized spacial score (nSPS) is 23.4. The van der Waals surface area contributed by atoms with Gasteiger partial charge in [0, 0.05) is 43.6 Å². The molecule has 1 fully saturated rings. The van der Waals surface area contributed by atoms with E-state index in [0.29, 0.717) is 41.8 Å². The molecule has 0 bridgehead atoms. The Labute approximate surface area is 146 Å². The van der Waals surface area contributed by atoms with Gasteiger partial charge in [0.05, 0.1) is 24.9 Å². The van der Waals surface area contributed by atoms with E-state index >= 15 is 0 Å². The molecular weight excluding hydrogens is 332 g/mol. The van der Waals surface area contributed by atoms with E-state index in [4.69, 9.17) is 25.8 Å². The van der Waals surface area contributed by atoms with E-state index in [1.807, 2.05) is 0 Å². The topological polar surface area (TPSA) is 68.8 Å². The fourth-order valence-corrected chi connectivity index (χ4v) is 3.33. The standard InChI is InChI=1S/C17H23ClN2O4/c1-22-15-10-19-4-3-11(15)9-20-17(21)13-7-12(18)8-14-16(13)24-6-2-5-23-14/h7-8,11,15,19H,2-6,9-10H2,1H3,(H,20,21)/t11-,15+/m0/s1. The van der Waals surface area contributed by atoms with Gasteiger partial charge in [-0.3, -0.25) is 4.79 Å². The molecule has 2 N–H and O–H groups in total. The first-order valence-corrected chi connectivity index (χ1v) is 8.67. The number of amides is 1. The number of rotatable bonds is 4. The van der Waals surface area contributed by atoms with Crippen molar-refractivity contribution in [2.24, 2.45) is 5.92 Å². The summed E-state index contributed by atoms with van der Waals surface area (Å²) < 4.78 is 16.8. The maximum Gasteiger partial charge on any atom is 0.255 e. The smallest absolute Gasteiger partial charge is 0.255 e. The molecule has 1 saturated heterocycles. The summed E-state index contributed by atoms with van der Waals surface area (Å²) >= 11 is 6.13. The Bertz CT molecular complexity index is 596. The minimum absolute atomic E-state index is 0.107. The SMILES string of the molecule is CO[C@@H]1CNCC[C@H]1CNC(=O)c1cc(Cl)cc2c1OCCCO2. The zero-order chi connectivity index (χ0) is 16.9. The van der Waals surface area contributed by atoms with Crippen molar-refractivity contribution in [1.29, 1.82) is 0 Å². The second kappa shape index (κ2) is 8.05. The summed E-state index contributed by atoms with van der Waals surface area (Å²) in [6, 6.07) is 3.31. The molecule has 2 aliphatic rings. The van der Waals surface area contributed by atoms with Crippen LogP contribution < -0.4 is 20.1 Å². The van der Waals surface area contributed by atoms with Crippen molar-refractivity contribution in [3.8, 4) is 11.5 Å². The summed E-state index contributed by atoms with van der Waals surface area (Å²) in [6.07, 6.45) is 1.85. The first-order valence-electron chi connectivity index (χ1n) is 8.30. The van der Waals surface area contributed by atoms with Crippen molar-refractivity contribution in [2.45, 2.75) is 18.9 Å². The molecule has 1 amide bonds. The average molecular weight is 355 g/mol. The second-order valence-corrected chi connectivity index (χ2v) is 6.50. The predicted octanol–water partition coefficient (Wildman–Crippen LogP) is 1.86. The Kier molecular flexibility index (Phi) is 5.81. The largest absolute Gasteiger partial charge is 0.489 e. The Morgan fingerprint density at radius 3 is 3.08 bits per heavy atom. The maximum atomic E-state index is 12.7. The minimum atomic E-state index is -0.201. The van der Waals surface area contributed by atoms with Gasteiger partial charge in [0.2, 0.25) is 0 Å². The molecule has 0 aliphatic carbocycles. The summed E-state index contributed by atoms with van der Waals surface area (Å²) in [5.74, 6) is 1.09. The number of methoxy groups -OCH3 is 1. The highest BCUT2D eigenvalue weighted by Crippen LogP contribution is 2.36. The zero-order valence-electron chi connectivity index (χ0n) is 13.8. The Morgan fingerprint density at radius 2 is 2.25 bits per heavy atom. The molecule has 0 saturated carbocycles. The van der Waals surface area contributed by atoms with Crippen LogP contribution in [0.15, 0.2) is 12.1 Å². The molecule has 132 valence electrons. The van der Waals surface area contributed by atoms with E-state index in [2.05, 4.69) is 10.6 Å². The Hall–Kier alpha value is -1.50. The van der Waals surface area contributed by atoms with Crippen LogP contribution >= 0.6 is 11.6 Å². The molecule has 1 aromatic carbocycles. The molecule has 0 spiro atoms. The number of fused-ring (bicyclic) bond motifs is 1. The van der Waals surface area contributed by atoms with Crippen LogP contribution in [0.4, 0.5) is 0 Å². The number of hydrogen-bond donors (Lipinski definition) is 2. The third kappa shape index (κ3) is 3.94. The zero-order valence-corrected chi connectivity index (χ0v) is 14.5. The van der Waals surface area contributed by atoms with Crippen molar-refractivity contribution in [2.75, 3.05) is 40.0 Å². The first kappa shape index (κ1) is 17.3. The van der Waals surface area contributed by atoms with Gasteiger partial charge in [0.15, 0.2) is 11.5 Å². The molecule has 0 aromatic heterocycles. The number of carbonyl (C=O) groups is 1. The van der Waals surface area contributed by atoms with Crippen LogP contribution in [0.5, 0.6) is 11.5 Å². The maximum absolute atomic E-state index is 12.7. The number of hydrogen-bond acceptors (Lipinski definition) is 5. The molecule has 2 aliphatic heterocycles. The van der Waals surface area contributed by atoms with Crippen LogP contribution in [0.2, 0.25) is 5.02 Å². The fourth-order valence-electron chi connectivity index (χ4n) is 3.12. The van der Waals surface area contributed by atoms with Crippen LogP contribution in [0.25, 0.3) is 0 Å². The molecule has 7 heteroatoms. The number of ether oxygens (including phenoxy) is 3. The highest BCUT2D eigenvalue weighted by atomic mass is 35.5. The third-order valence-electron chi connectivity index (χ3n) is 4.45. The molecule has 0 radical (unpaired) electrons. The van der Waals surface area contributed by atoms with Crippen molar-refractivity contribution < 1.29 is 19.0 Å². The van der Waals surface area contributed by atoms with Gasteiger partial charge in [0.25, 0.3) is 5.91 Å². The van der Waals surface area contributed by atoms with Gasteiger partial charge in [-0.2, -0.15) is 0 Å². The molecule has 0 unspecified atom stereocenters. The Balaban J connectivity index is 1.71. The number of nitrogens with one attached hydrogen (secondary N) is 2. The summed E-state index contributed by atoms with van der Waals surface area (Å²) in [6.45, 7) is 3.37. The van der Waals surface area contributed by atoms with Crippen molar-refractivity contribution in [3.05, 3.63) is 22.7 Å². The van der Waals surface area contributed by atoms with Gasteiger partial charge < -0.3 is 24.8 Å². The van der Waals surface area contributed by atoms with Gasteiger partial charge >= 0.3 is 0 Å². The van der Waals surface area contributed by atoms with Crippen molar-refractivity contribution in [3.63, 3.8) is 0 Å². The number of piperidine rings is 1. The molecule has 6 nitrogen and oxygen atoms in total. The lowest BCUT2D eigenvalue weighted by atomic mass is 9.95. The van der Waals surface area contributed by atoms with Gasteiger partial charge in [-0.05, 0) is 19.0 Å². The second-order valence-electron chi connectivity index (χ2n) is 6.07. The fraction of sp³-hybridized carbons (Fsp3) is 0.588. The summed E-state index contributed by atoms with van der Waals surface area (Å²) in [5.41, 5.74) is 0.419. The molecular formula is C17H23ClN2O4. The molecule has 2 atom stereocenters. The Morgan fingerprint density at radius 1 is 1.42 bits per heavy atom. The first-order chi connectivity index (χ1) is 11.7. The van der Waals surface area contributed by atoms with E-state index < -0.39 is 0 Å². The van der Waals surface area contributed by atoms with E-state index in [0.717, 1.165) is 25.9 Å². The lowest BCUT2D eigenvalue weighted by Crippen LogP contribution is -2.46. The van der Waals surface area contributed by atoms with Crippen LogP contribution in [-0.4, -0.2) is 52.0 Å². The molecule has 1 aromatic rings. The van der Waals surface area contributed by atoms with E-state index in [1.54, 1.807) is 19.2 Å². The summed E-state index contributed by atoms with van der Waals surface area (Å²) in [4.78, 5) is 12.7. The summed E-state index contributed by atoms with van der Waals surface area (Å²) in [7, 11) is 1.70. The van der Waals surface area contributed by atoms with E-state index in [-0.39, 0.29) is 17.9 Å². The van der Waals surface area contributed by atoms with Crippen LogP contribution in [0.3, 0.4) is 0 Å². The monoisotopic (exact) mass is 354 g/mol. The van der Waals surface area contributed by atoms with Crippen molar-refractivity contribution in [1.82, 2.24) is 10.6 Å². The molecule has 2 heterocycles. The lowest BCUT2D eigenvalue weighted by Gasteiger charge is -2.31. The van der Waals surface area contributed by atoms with E-state index in [9.17, 15) is 4.79 Å². The van der Waals surface area contributed by atoms with Gasteiger partial charge in [-0.25, -0.2) is 0 Å². The van der Waals surface area contributed by atoms with Gasteiger partial charge in [0.1, 0.15) is 0 Å². The van der Waals surface area contributed by atoms with Crippen LogP contribution in [-0.2, 0) is 4.74 Å². The predicted molar refractivity (Wildman–Crippen MR) is 91.2 cm³/mol. The average Bonchev–Trinajstić information content (AvgIpc) is 2.84. The number of carbonyl (C=O) groups excluding carboxylic acids is 1. The van der Waals surface area contributed by atoms with Gasteiger partial charge in [-0.15, -0.1) is 0 Å². The van der Waals surface area contributed by atoms with Gasteiger partial charge in [-0.1, -0.05) is 11.6 Å². The summed E-state index contributed by atoms with van der Waals surface area (Å²) in [5, 5.41) is 6.75. The van der Waals surface area contributed by atoms with Crippen LogP contribution in [0.1, 0.15) is 23.2 Å². The minimum Gasteiger partial charge on any atom is -0.489 e. The number of halogens is 1. The van der Waals surface area contributed by atoms with Crippen molar-refractivity contribution >= 4 is 17.5 Å². The van der Waals surface area contributed by atoms with Crippen LogP contribution in [0, 0.1) is 5.92 Å². The van der Waals surface area contributed by atoms with E-state index in [1.165, 1.54) is 0 Å². The molecule has 3 rings (SSSR count). The third-order valence-corrected chi connectivity index (χ3v) is 4.67. The quantitative estimate of drug-likeness (QED) is 0.863. The highest BCUT2D eigenvalue weighted by Gasteiger charge is 2.26. The molecule has 24 heavy (non-hydrogen) atoms.